The summed E-state index contributed by atoms with van der Waals surface area (Å²) in [6, 6.07) is 14.8. The van der Waals surface area contributed by atoms with Crippen LogP contribution in [0.1, 0.15) is 18.9 Å². The third kappa shape index (κ3) is 6.04. The number of hydrazone groups is 1. The summed E-state index contributed by atoms with van der Waals surface area (Å²) < 4.78 is 11.9. The third-order valence-electron chi connectivity index (χ3n) is 2.94. The van der Waals surface area contributed by atoms with Gasteiger partial charge in [0.05, 0.1) is 12.8 Å². The largest absolute Gasteiger partial charge is 0.493 e. The third-order valence-corrected chi connectivity index (χ3v) is 3.43. The lowest BCUT2D eigenvalue weighted by molar-refractivity contribution is -0.123. The van der Waals surface area contributed by atoms with E-state index in [4.69, 9.17) is 9.47 Å². The Morgan fingerprint density at radius 1 is 1.21 bits per heavy atom. The van der Waals surface area contributed by atoms with Gasteiger partial charge in [0.15, 0.2) is 6.61 Å². The molecule has 24 heavy (non-hydrogen) atoms. The first-order valence-electron chi connectivity index (χ1n) is 7.61. The first-order chi connectivity index (χ1) is 11.7. The molecule has 0 unspecified atom stereocenters. The summed E-state index contributed by atoms with van der Waals surface area (Å²) in [4.78, 5) is 11.8. The highest BCUT2D eigenvalue weighted by atomic mass is 79.9. The molecule has 126 valence electrons. The Morgan fingerprint density at radius 3 is 2.83 bits per heavy atom. The van der Waals surface area contributed by atoms with Crippen molar-refractivity contribution in [3.05, 3.63) is 58.6 Å². The zero-order valence-corrected chi connectivity index (χ0v) is 15.0. The normalized spacial score (nSPS) is 10.6. The lowest BCUT2D eigenvalue weighted by Gasteiger charge is -2.07. The molecule has 0 aliphatic heterocycles. The number of nitrogens with zero attached hydrogens (tertiary/aromatic N) is 1. The van der Waals surface area contributed by atoms with Crippen molar-refractivity contribution in [2.75, 3.05) is 13.2 Å². The molecular formula is C18H19BrN2O3. The van der Waals surface area contributed by atoms with Crippen molar-refractivity contribution in [1.29, 1.82) is 0 Å². The van der Waals surface area contributed by atoms with E-state index >= 15 is 0 Å². The highest BCUT2D eigenvalue weighted by Crippen LogP contribution is 2.17. The number of para-hydroxylation sites is 1. The highest BCUT2D eigenvalue weighted by molar-refractivity contribution is 9.10. The standard InChI is InChI=1S/C18H19BrN2O3/c1-2-10-23-17-9-4-3-6-14(17)12-20-21-18(22)13-24-16-8-5-7-15(19)11-16/h3-9,11-12H,2,10,13H2,1H3,(H,21,22)/b20-12+. The first-order valence-corrected chi connectivity index (χ1v) is 8.40. The summed E-state index contributed by atoms with van der Waals surface area (Å²) >= 11 is 3.35. The second-order valence-corrected chi connectivity index (χ2v) is 5.84. The molecule has 0 radical (unpaired) electrons. The molecule has 0 bridgehead atoms. The van der Waals surface area contributed by atoms with Crippen LogP contribution in [0.5, 0.6) is 11.5 Å². The fourth-order valence-corrected chi connectivity index (χ4v) is 2.22. The predicted molar refractivity (Wildman–Crippen MR) is 97.6 cm³/mol. The first kappa shape index (κ1) is 18.0. The molecule has 0 aromatic heterocycles. The topological polar surface area (TPSA) is 59.9 Å². The molecule has 0 atom stereocenters. The molecule has 2 aromatic carbocycles. The lowest BCUT2D eigenvalue weighted by atomic mass is 10.2. The SMILES string of the molecule is CCCOc1ccccc1/C=N/NC(=O)COc1cccc(Br)c1. The second kappa shape index (κ2) is 9.72. The van der Waals surface area contributed by atoms with Crippen molar-refractivity contribution in [2.45, 2.75) is 13.3 Å². The van der Waals surface area contributed by atoms with Crippen molar-refractivity contribution < 1.29 is 14.3 Å². The Kier molecular flexibility index (Phi) is 7.29. The molecule has 1 N–H and O–H groups in total. The molecule has 0 saturated carbocycles. The Labute approximate surface area is 149 Å². The summed E-state index contributed by atoms with van der Waals surface area (Å²) in [5.74, 6) is 1.02. The van der Waals surface area contributed by atoms with Crippen LogP contribution in [0.4, 0.5) is 0 Å². The summed E-state index contributed by atoms with van der Waals surface area (Å²) in [6.07, 6.45) is 2.48. The number of carbonyl (C=O) groups is 1. The molecule has 6 heteroatoms. The Bertz CT molecular complexity index is 704. The minimum absolute atomic E-state index is 0.109. The van der Waals surface area contributed by atoms with E-state index in [1.807, 2.05) is 43.3 Å². The van der Waals surface area contributed by atoms with Crippen LogP contribution in [0.3, 0.4) is 0 Å². The summed E-state index contributed by atoms with van der Waals surface area (Å²) in [6.45, 7) is 2.57. The number of hydrogen-bond donors (Lipinski definition) is 1. The maximum absolute atomic E-state index is 11.8. The fourth-order valence-electron chi connectivity index (χ4n) is 1.84. The zero-order chi connectivity index (χ0) is 17.2. The average molecular weight is 391 g/mol. The maximum atomic E-state index is 11.8. The van der Waals surface area contributed by atoms with Crippen LogP contribution in [0.2, 0.25) is 0 Å². The van der Waals surface area contributed by atoms with Crippen LogP contribution in [0, 0.1) is 0 Å². The second-order valence-electron chi connectivity index (χ2n) is 4.93. The molecule has 0 fully saturated rings. The van der Waals surface area contributed by atoms with Gasteiger partial charge in [0, 0.05) is 10.0 Å². The Hall–Kier alpha value is -2.34. The van der Waals surface area contributed by atoms with Gasteiger partial charge in [-0.1, -0.05) is 41.1 Å². The van der Waals surface area contributed by atoms with Crippen LogP contribution in [-0.2, 0) is 4.79 Å². The van der Waals surface area contributed by atoms with Crippen LogP contribution >= 0.6 is 15.9 Å². The molecular weight excluding hydrogens is 372 g/mol. The molecule has 0 heterocycles. The number of nitrogens with one attached hydrogen (secondary N) is 1. The molecule has 2 aromatic rings. The van der Waals surface area contributed by atoms with Crippen molar-refractivity contribution in [2.24, 2.45) is 5.10 Å². The number of carbonyl (C=O) groups excluding carboxylic acids is 1. The number of ether oxygens (including phenoxy) is 2. The van der Waals surface area contributed by atoms with E-state index in [-0.39, 0.29) is 12.5 Å². The monoisotopic (exact) mass is 390 g/mol. The molecule has 0 saturated heterocycles. The van der Waals surface area contributed by atoms with Gasteiger partial charge in [0.1, 0.15) is 11.5 Å². The van der Waals surface area contributed by atoms with E-state index in [0.717, 1.165) is 22.2 Å². The lowest BCUT2D eigenvalue weighted by Crippen LogP contribution is -2.24. The van der Waals surface area contributed by atoms with E-state index < -0.39 is 0 Å². The van der Waals surface area contributed by atoms with E-state index in [1.165, 1.54) is 0 Å². The average Bonchev–Trinajstić information content (AvgIpc) is 2.59. The van der Waals surface area contributed by atoms with Crippen molar-refractivity contribution in [1.82, 2.24) is 5.43 Å². The predicted octanol–water partition coefficient (Wildman–Crippen LogP) is 3.77. The number of hydrogen-bond acceptors (Lipinski definition) is 4. The van der Waals surface area contributed by atoms with Crippen LogP contribution < -0.4 is 14.9 Å². The van der Waals surface area contributed by atoms with Crippen LogP contribution in [0.15, 0.2) is 58.1 Å². The molecule has 1 amide bonds. The van der Waals surface area contributed by atoms with Crippen molar-refractivity contribution in [3.8, 4) is 11.5 Å². The number of rotatable bonds is 8. The van der Waals surface area contributed by atoms with E-state index in [1.54, 1.807) is 18.3 Å². The highest BCUT2D eigenvalue weighted by Gasteiger charge is 2.03. The van der Waals surface area contributed by atoms with Gasteiger partial charge in [0.25, 0.3) is 5.91 Å². The minimum Gasteiger partial charge on any atom is -0.493 e. The van der Waals surface area contributed by atoms with Gasteiger partial charge < -0.3 is 9.47 Å². The number of amides is 1. The maximum Gasteiger partial charge on any atom is 0.277 e. The Balaban J connectivity index is 1.84. The number of halogens is 1. The van der Waals surface area contributed by atoms with E-state index in [2.05, 4.69) is 26.5 Å². The van der Waals surface area contributed by atoms with Gasteiger partial charge in [-0.3, -0.25) is 4.79 Å². The Morgan fingerprint density at radius 2 is 2.04 bits per heavy atom. The summed E-state index contributed by atoms with van der Waals surface area (Å²) in [7, 11) is 0. The summed E-state index contributed by atoms with van der Waals surface area (Å²) in [5, 5.41) is 3.95. The van der Waals surface area contributed by atoms with E-state index in [9.17, 15) is 4.79 Å². The van der Waals surface area contributed by atoms with E-state index in [0.29, 0.717) is 12.4 Å². The van der Waals surface area contributed by atoms with Gasteiger partial charge in [-0.15, -0.1) is 0 Å². The minimum atomic E-state index is -0.335. The fraction of sp³-hybridized carbons (Fsp3) is 0.222. The van der Waals surface area contributed by atoms with Gasteiger partial charge >= 0.3 is 0 Å². The van der Waals surface area contributed by atoms with Gasteiger partial charge in [0.2, 0.25) is 0 Å². The van der Waals surface area contributed by atoms with Crippen molar-refractivity contribution in [3.63, 3.8) is 0 Å². The van der Waals surface area contributed by atoms with Crippen molar-refractivity contribution >= 4 is 28.1 Å². The smallest absolute Gasteiger partial charge is 0.277 e. The quantitative estimate of drug-likeness (QED) is 0.551. The molecule has 2 rings (SSSR count). The molecule has 0 aliphatic carbocycles. The zero-order valence-electron chi connectivity index (χ0n) is 13.4. The van der Waals surface area contributed by atoms with Gasteiger partial charge in [-0.05, 0) is 36.8 Å². The van der Waals surface area contributed by atoms with Gasteiger partial charge in [-0.2, -0.15) is 5.10 Å². The molecule has 0 aliphatic rings. The molecule has 5 nitrogen and oxygen atoms in total. The van der Waals surface area contributed by atoms with Crippen LogP contribution in [-0.4, -0.2) is 25.3 Å². The molecule has 0 spiro atoms. The number of benzene rings is 2. The summed E-state index contributed by atoms with van der Waals surface area (Å²) in [5.41, 5.74) is 3.24. The van der Waals surface area contributed by atoms with Gasteiger partial charge in [-0.25, -0.2) is 5.43 Å². The van der Waals surface area contributed by atoms with Crippen LogP contribution in [0.25, 0.3) is 0 Å².